The number of allylic oxidation sites excluding steroid dienone is 2. The van der Waals surface area contributed by atoms with Crippen LogP contribution in [0.1, 0.15) is 174 Å². The first kappa shape index (κ1) is 38.1. The van der Waals surface area contributed by atoms with E-state index < -0.39 is 24.2 Å². The van der Waals surface area contributed by atoms with Crippen molar-refractivity contribution in [2.24, 2.45) is 0 Å². The lowest BCUT2D eigenvalue weighted by atomic mass is 10.0. The lowest BCUT2D eigenvalue weighted by Crippen LogP contribution is -2.49. The molecule has 0 aromatic rings. The molecule has 0 aromatic carbocycles. The zero-order valence-electron chi connectivity index (χ0n) is 26.0. The second kappa shape index (κ2) is 30.1. The van der Waals surface area contributed by atoms with Gasteiger partial charge >= 0.3 is 0 Å². The smallest absolute Gasteiger partial charge is 0.249 e. The molecule has 4 N–H and O–H groups in total. The van der Waals surface area contributed by atoms with Gasteiger partial charge in [0, 0.05) is 0 Å². The van der Waals surface area contributed by atoms with E-state index in [1.54, 1.807) is 0 Å². The van der Waals surface area contributed by atoms with Crippen molar-refractivity contribution in [2.45, 2.75) is 193 Å². The molecule has 0 spiro atoms. The maximum atomic E-state index is 12.3. The van der Waals surface area contributed by atoms with E-state index in [2.05, 4.69) is 31.3 Å². The number of amides is 1. The van der Waals surface area contributed by atoms with Gasteiger partial charge in [0.05, 0.1) is 18.8 Å². The van der Waals surface area contributed by atoms with Gasteiger partial charge < -0.3 is 20.6 Å². The molecule has 0 radical (unpaired) electrons. The molecule has 0 unspecified atom stereocenters. The van der Waals surface area contributed by atoms with Crippen molar-refractivity contribution < 1.29 is 20.1 Å². The van der Waals surface area contributed by atoms with Gasteiger partial charge in [-0.3, -0.25) is 4.79 Å². The Balaban J connectivity index is 3.76. The van der Waals surface area contributed by atoms with Gasteiger partial charge in [-0.25, -0.2) is 0 Å². The maximum Gasteiger partial charge on any atom is 0.249 e. The van der Waals surface area contributed by atoms with Crippen molar-refractivity contribution in [2.75, 3.05) is 6.61 Å². The molecular formula is C34H67NO4. The molecule has 3 atom stereocenters. The first-order valence-corrected chi connectivity index (χ1v) is 17.0. The minimum atomic E-state index is -1.07. The predicted molar refractivity (Wildman–Crippen MR) is 167 cm³/mol. The zero-order chi connectivity index (χ0) is 28.8. The fourth-order valence-corrected chi connectivity index (χ4v) is 5.12. The molecule has 0 aliphatic rings. The maximum absolute atomic E-state index is 12.3. The van der Waals surface area contributed by atoms with Gasteiger partial charge in [0.2, 0.25) is 5.91 Å². The van der Waals surface area contributed by atoms with Gasteiger partial charge in [0.15, 0.2) is 0 Å². The molecule has 1 amide bonds. The van der Waals surface area contributed by atoms with E-state index in [9.17, 15) is 20.1 Å². The first-order valence-electron chi connectivity index (χ1n) is 17.0. The highest BCUT2D eigenvalue weighted by atomic mass is 16.3. The summed E-state index contributed by atoms with van der Waals surface area (Å²) in [5, 5.41) is 33.0. The van der Waals surface area contributed by atoms with Crippen LogP contribution in [-0.2, 0) is 4.79 Å². The number of aliphatic hydroxyl groups is 3. The van der Waals surface area contributed by atoms with E-state index >= 15 is 0 Å². The molecule has 0 rings (SSSR count). The lowest BCUT2D eigenvalue weighted by Gasteiger charge is -2.23. The van der Waals surface area contributed by atoms with Crippen molar-refractivity contribution in [3.05, 3.63) is 12.2 Å². The fraction of sp³-hybridized carbons (Fsp3) is 0.912. The molecule has 232 valence electrons. The summed E-state index contributed by atoms with van der Waals surface area (Å²) in [6.07, 6.45) is 31.9. The van der Waals surface area contributed by atoms with Crippen LogP contribution >= 0.6 is 0 Å². The standard InChI is InChI=1S/C34H67NO4/c1-3-5-7-9-11-13-15-17-19-20-22-24-26-28-32(37)31(30-36)35-34(39)33(38)29-27-25-23-21-18-16-14-12-10-8-6-4-2/h19-20,31-33,36-38H,3-18,21-30H2,1-2H3,(H,35,39)/b20-19+/t31-,32+,33+/m0/s1. The minimum absolute atomic E-state index is 0.323. The Morgan fingerprint density at radius 2 is 0.974 bits per heavy atom. The topological polar surface area (TPSA) is 89.8 Å². The SMILES string of the molecule is CCCCCCCCC/C=C/CCCC[C@@H](O)[C@H](CO)NC(=O)[C@H](O)CCCCCCCCCCCCCC. The molecule has 0 aromatic heterocycles. The average Bonchev–Trinajstić information content (AvgIpc) is 2.94. The third-order valence-corrected chi connectivity index (χ3v) is 7.88. The third kappa shape index (κ3) is 25.8. The number of nitrogens with one attached hydrogen (secondary N) is 1. The van der Waals surface area contributed by atoms with Crippen LogP contribution in [0.3, 0.4) is 0 Å². The van der Waals surface area contributed by atoms with E-state index in [4.69, 9.17) is 0 Å². The van der Waals surface area contributed by atoms with E-state index in [1.165, 1.54) is 103 Å². The highest BCUT2D eigenvalue weighted by Crippen LogP contribution is 2.14. The largest absolute Gasteiger partial charge is 0.394 e. The van der Waals surface area contributed by atoms with Gasteiger partial charge in [-0.2, -0.15) is 0 Å². The molecule has 5 heteroatoms. The van der Waals surface area contributed by atoms with Gasteiger partial charge in [0.25, 0.3) is 0 Å². The molecule has 5 nitrogen and oxygen atoms in total. The summed E-state index contributed by atoms with van der Waals surface area (Å²) in [6.45, 7) is 4.18. The summed E-state index contributed by atoms with van der Waals surface area (Å²) < 4.78 is 0. The second-order valence-corrected chi connectivity index (χ2v) is 11.7. The minimum Gasteiger partial charge on any atom is -0.394 e. The Morgan fingerprint density at radius 1 is 0.590 bits per heavy atom. The van der Waals surface area contributed by atoms with Crippen LogP contribution in [-0.4, -0.2) is 46.1 Å². The Morgan fingerprint density at radius 3 is 1.44 bits per heavy atom. The molecule has 0 saturated carbocycles. The predicted octanol–water partition coefficient (Wildman–Crippen LogP) is 8.53. The fourth-order valence-electron chi connectivity index (χ4n) is 5.12. The molecule has 0 heterocycles. The van der Waals surface area contributed by atoms with Crippen molar-refractivity contribution in [1.29, 1.82) is 0 Å². The van der Waals surface area contributed by atoms with E-state index in [0.29, 0.717) is 12.8 Å². The number of rotatable bonds is 30. The van der Waals surface area contributed by atoms with Crippen LogP contribution in [0.15, 0.2) is 12.2 Å². The molecule has 0 aliphatic heterocycles. The van der Waals surface area contributed by atoms with Crippen LogP contribution in [0.4, 0.5) is 0 Å². The van der Waals surface area contributed by atoms with E-state index in [0.717, 1.165) is 44.9 Å². The summed E-state index contributed by atoms with van der Waals surface area (Å²) in [4.78, 5) is 12.3. The molecule has 0 aliphatic carbocycles. The van der Waals surface area contributed by atoms with Gasteiger partial charge in [-0.15, -0.1) is 0 Å². The number of hydrogen-bond donors (Lipinski definition) is 4. The number of carbonyl (C=O) groups is 1. The highest BCUT2D eigenvalue weighted by molar-refractivity contribution is 5.80. The number of unbranched alkanes of at least 4 members (excludes halogenated alkanes) is 20. The highest BCUT2D eigenvalue weighted by Gasteiger charge is 2.23. The number of aliphatic hydroxyl groups excluding tert-OH is 3. The lowest BCUT2D eigenvalue weighted by molar-refractivity contribution is -0.131. The second-order valence-electron chi connectivity index (χ2n) is 11.7. The number of carbonyl (C=O) groups excluding carboxylic acids is 1. The van der Waals surface area contributed by atoms with Crippen LogP contribution in [0.2, 0.25) is 0 Å². The van der Waals surface area contributed by atoms with Crippen LogP contribution in [0.5, 0.6) is 0 Å². The third-order valence-electron chi connectivity index (χ3n) is 7.88. The summed E-state index contributed by atoms with van der Waals surface area (Å²) in [7, 11) is 0. The van der Waals surface area contributed by atoms with Crippen molar-refractivity contribution in [3.63, 3.8) is 0 Å². The zero-order valence-corrected chi connectivity index (χ0v) is 26.0. The van der Waals surface area contributed by atoms with Gasteiger partial charge in [-0.1, -0.05) is 148 Å². The van der Waals surface area contributed by atoms with Crippen molar-refractivity contribution in [3.8, 4) is 0 Å². The molecule has 39 heavy (non-hydrogen) atoms. The molecular weight excluding hydrogens is 486 g/mol. The number of hydrogen-bond acceptors (Lipinski definition) is 4. The van der Waals surface area contributed by atoms with Gasteiger partial charge in [-0.05, 0) is 38.5 Å². The van der Waals surface area contributed by atoms with Crippen LogP contribution in [0.25, 0.3) is 0 Å². The van der Waals surface area contributed by atoms with E-state index in [1.807, 2.05) is 0 Å². The Labute approximate surface area is 242 Å². The molecule has 0 bridgehead atoms. The van der Waals surface area contributed by atoms with Crippen LogP contribution < -0.4 is 5.32 Å². The summed E-state index contributed by atoms with van der Waals surface area (Å²) in [5.74, 6) is -0.482. The Bertz CT molecular complexity index is 539. The monoisotopic (exact) mass is 554 g/mol. The van der Waals surface area contributed by atoms with Crippen LogP contribution in [0, 0.1) is 0 Å². The normalized spacial score (nSPS) is 14.1. The summed E-state index contributed by atoms with van der Waals surface area (Å²) >= 11 is 0. The van der Waals surface area contributed by atoms with E-state index in [-0.39, 0.29) is 6.61 Å². The molecule has 0 saturated heterocycles. The quantitative estimate of drug-likeness (QED) is 0.0530. The summed E-state index contributed by atoms with van der Waals surface area (Å²) in [5.41, 5.74) is 0. The summed E-state index contributed by atoms with van der Waals surface area (Å²) in [6, 6.07) is -0.720. The Kier molecular flexibility index (Phi) is 29.4. The average molecular weight is 554 g/mol. The van der Waals surface area contributed by atoms with Crippen molar-refractivity contribution >= 4 is 5.91 Å². The molecule has 0 fully saturated rings. The first-order chi connectivity index (χ1) is 19.1. The van der Waals surface area contributed by atoms with Crippen molar-refractivity contribution in [1.82, 2.24) is 5.32 Å². The van der Waals surface area contributed by atoms with Gasteiger partial charge in [0.1, 0.15) is 6.10 Å². The Hall–Kier alpha value is -0.910.